The van der Waals surface area contributed by atoms with Crippen molar-refractivity contribution in [2.75, 3.05) is 19.6 Å². The highest BCUT2D eigenvalue weighted by atomic mass is 16.1. The van der Waals surface area contributed by atoms with Gasteiger partial charge in [0, 0.05) is 113 Å². The molecule has 0 fully saturated rings. The fourth-order valence-electron chi connectivity index (χ4n) is 11.2. The van der Waals surface area contributed by atoms with Gasteiger partial charge in [-0.3, -0.25) is 19.2 Å². The molecule has 0 aliphatic heterocycles. The second kappa shape index (κ2) is 22.9. The van der Waals surface area contributed by atoms with Gasteiger partial charge >= 0.3 is 0 Å². The van der Waals surface area contributed by atoms with E-state index in [0.717, 1.165) is 68.2 Å². The van der Waals surface area contributed by atoms with E-state index in [1.165, 1.54) is 0 Å². The van der Waals surface area contributed by atoms with Crippen molar-refractivity contribution in [3.8, 4) is 0 Å². The van der Waals surface area contributed by atoms with Crippen LogP contribution in [0.15, 0.2) is 315 Å². The first kappa shape index (κ1) is 51.9. The summed E-state index contributed by atoms with van der Waals surface area (Å²) in [4.78, 5) is 64.1. The Morgan fingerprint density at radius 2 is 0.286 bits per heavy atom. The standard InChI is InChI=1S/2C38H26N2O2/c2*41-37-34-24-22-32(40(29-17-9-3-10-18-29)30-19-11-4-12-20-30)26-36(34)38(42)33-23-21-31(25-35(33)37)39(27-13-5-1-6-14-27)28-15-7-2-8-16-28/h2*1-26H. The van der Waals surface area contributed by atoms with Crippen LogP contribution in [-0.2, 0) is 0 Å². The molecular weight excluding hydrogens is 1030 g/mol. The molecule has 12 aromatic rings. The SMILES string of the molecule is O=C1c2ccc(N(c3ccccc3)c3ccccc3)cc2C(=O)c2ccc(N(c3ccccc3)c3ccccc3)cc21.O=C1c2ccc(N(c3ccccc3)c3ccccc3)cc2C(=O)c2ccc(N(c3ccccc3)c3ccccc3)cc21. The maximum atomic E-state index is 13.9. The Kier molecular flexibility index (Phi) is 14.2. The van der Waals surface area contributed by atoms with Gasteiger partial charge in [-0.25, -0.2) is 0 Å². The van der Waals surface area contributed by atoms with Gasteiger partial charge in [0.2, 0.25) is 0 Å². The topological polar surface area (TPSA) is 81.2 Å². The molecule has 12 aromatic carbocycles. The van der Waals surface area contributed by atoms with Crippen LogP contribution in [0.25, 0.3) is 0 Å². The maximum Gasteiger partial charge on any atom is 0.194 e. The van der Waals surface area contributed by atoms with Crippen LogP contribution < -0.4 is 19.6 Å². The number of rotatable bonds is 12. The molecule has 0 bridgehead atoms. The van der Waals surface area contributed by atoms with Crippen LogP contribution in [0, 0.1) is 0 Å². The zero-order chi connectivity index (χ0) is 56.9. The summed E-state index contributed by atoms with van der Waals surface area (Å²) in [5.41, 5.74) is 14.3. The number of para-hydroxylation sites is 8. The summed E-state index contributed by atoms with van der Waals surface area (Å²) in [7, 11) is 0. The lowest BCUT2D eigenvalue weighted by Crippen LogP contribution is -2.22. The Morgan fingerprint density at radius 3 is 0.429 bits per heavy atom. The van der Waals surface area contributed by atoms with Crippen LogP contribution in [0.2, 0.25) is 0 Å². The molecular formula is C76H52N4O4. The lowest BCUT2D eigenvalue weighted by atomic mass is 9.83. The van der Waals surface area contributed by atoms with Gasteiger partial charge in [0.15, 0.2) is 23.1 Å². The Morgan fingerprint density at radius 1 is 0.143 bits per heavy atom. The van der Waals surface area contributed by atoms with E-state index in [4.69, 9.17) is 0 Å². The van der Waals surface area contributed by atoms with E-state index in [0.29, 0.717) is 44.5 Å². The normalized spacial score (nSPS) is 11.9. The molecule has 2 aliphatic rings. The molecule has 0 amide bonds. The number of carbonyl (C=O) groups is 4. The minimum absolute atomic E-state index is 0.153. The fraction of sp³-hybridized carbons (Fsp3) is 0. The van der Waals surface area contributed by atoms with Crippen molar-refractivity contribution < 1.29 is 19.2 Å². The van der Waals surface area contributed by atoms with Crippen LogP contribution in [0.4, 0.5) is 68.2 Å². The molecule has 400 valence electrons. The van der Waals surface area contributed by atoms with Crippen molar-refractivity contribution in [1.29, 1.82) is 0 Å². The van der Waals surface area contributed by atoms with Gasteiger partial charge in [0.05, 0.1) is 0 Å². The third-order valence-electron chi connectivity index (χ3n) is 15.1. The summed E-state index contributed by atoms with van der Waals surface area (Å²) in [6.07, 6.45) is 0. The van der Waals surface area contributed by atoms with Gasteiger partial charge in [0.1, 0.15) is 0 Å². The highest BCUT2D eigenvalue weighted by Crippen LogP contribution is 2.43. The van der Waals surface area contributed by atoms with E-state index in [1.54, 1.807) is 24.3 Å². The van der Waals surface area contributed by atoms with E-state index in [-0.39, 0.29) is 23.1 Å². The molecule has 14 rings (SSSR count). The van der Waals surface area contributed by atoms with Gasteiger partial charge in [-0.2, -0.15) is 0 Å². The predicted molar refractivity (Wildman–Crippen MR) is 338 cm³/mol. The zero-order valence-electron chi connectivity index (χ0n) is 45.4. The van der Waals surface area contributed by atoms with Crippen molar-refractivity contribution in [2.24, 2.45) is 0 Å². The molecule has 8 heteroatoms. The minimum atomic E-state index is -0.153. The number of hydrogen-bond acceptors (Lipinski definition) is 8. The number of hydrogen-bond donors (Lipinski definition) is 0. The zero-order valence-corrected chi connectivity index (χ0v) is 45.4. The third kappa shape index (κ3) is 10.0. The number of ketones is 4. The predicted octanol–water partition coefficient (Wildman–Crippen LogP) is 18.8. The Labute approximate surface area is 487 Å². The molecule has 0 saturated heterocycles. The molecule has 0 N–H and O–H groups in total. The second-order valence-corrected chi connectivity index (χ2v) is 20.3. The average molecular weight is 1090 g/mol. The molecule has 0 spiro atoms. The molecule has 8 nitrogen and oxygen atoms in total. The fourth-order valence-corrected chi connectivity index (χ4v) is 11.2. The number of nitrogens with zero attached hydrogens (tertiary/aromatic N) is 4. The van der Waals surface area contributed by atoms with E-state index in [2.05, 4.69) is 19.6 Å². The first-order chi connectivity index (χ1) is 41.4. The van der Waals surface area contributed by atoms with Crippen molar-refractivity contribution >= 4 is 91.4 Å². The molecule has 0 aromatic heterocycles. The van der Waals surface area contributed by atoms with Gasteiger partial charge in [-0.15, -0.1) is 0 Å². The van der Waals surface area contributed by atoms with Gasteiger partial charge in [-0.1, -0.05) is 146 Å². The summed E-state index contributed by atoms with van der Waals surface area (Å²) in [5.74, 6) is -0.611. The van der Waals surface area contributed by atoms with Gasteiger partial charge in [0.25, 0.3) is 0 Å². The third-order valence-corrected chi connectivity index (χ3v) is 15.1. The van der Waals surface area contributed by atoms with Gasteiger partial charge in [-0.05, 0) is 170 Å². The highest BCUT2D eigenvalue weighted by Gasteiger charge is 2.34. The monoisotopic (exact) mass is 1080 g/mol. The number of carbonyl (C=O) groups excluding carboxylic acids is 4. The van der Waals surface area contributed by atoms with Crippen LogP contribution in [-0.4, -0.2) is 23.1 Å². The van der Waals surface area contributed by atoms with E-state index in [1.807, 2.05) is 291 Å². The van der Waals surface area contributed by atoms with Crippen molar-refractivity contribution in [3.63, 3.8) is 0 Å². The summed E-state index contributed by atoms with van der Waals surface area (Å²) in [6.45, 7) is 0. The van der Waals surface area contributed by atoms with E-state index >= 15 is 0 Å². The highest BCUT2D eigenvalue weighted by molar-refractivity contribution is 6.30. The van der Waals surface area contributed by atoms with Crippen LogP contribution in [0.5, 0.6) is 0 Å². The first-order valence-corrected chi connectivity index (χ1v) is 27.7. The lowest BCUT2D eigenvalue weighted by molar-refractivity contribution is 0.0979. The molecule has 0 unspecified atom stereocenters. The second-order valence-electron chi connectivity index (χ2n) is 20.3. The summed E-state index contributed by atoms with van der Waals surface area (Å²) >= 11 is 0. The summed E-state index contributed by atoms with van der Waals surface area (Å²) < 4.78 is 0. The summed E-state index contributed by atoms with van der Waals surface area (Å²) in [5, 5.41) is 0. The van der Waals surface area contributed by atoms with Crippen LogP contribution in [0.1, 0.15) is 63.7 Å². The number of benzene rings is 12. The van der Waals surface area contributed by atoms with E-state index in [9.17, 15) is 19.2 Å². The summed E-state index contributed by atoms with van der Waals surface area (Å²) in [6, 6.07) is 102. The van der Waals surface area contributed by atoms with E-state index < -0.39 is 0 Å². The molecule has 0 radical (unpaired) electrons. The maximum absolute atomic E-state index is 13.9. The average Bonchev–Trinajstić information content (AvgIpc) is 2.06. The Balaban J connectivity index is 0.000000157. The first-order valence-electron chi connectivity index (χ1n) is 27.7. The van der Waals surface area contributed by atoms with Crippen LogP contribution in [0.3, 0.4) is 0 Å². The quantitative estimate of drug-likeness (QED) is 0.120. The van der Waals surface area contributed by atoms with Crippen molar-refractivity contribution in [2.45, 2.75) is 0 Å². The Bertz CT molecular complexity index is 3650. The van der Waals surface area contributed by atoms with Crippen LogP contribution >= 0.6 is 0 Å². The Hall–Kier alpha value is -11.5. The molecule has 2 aliphatic carbocycles. The lowest BCUT2D eigenvalue weighted by Gasteiger charge is -2.28. The minimum Gasteiger partial charge on any atom is -0.310 e. The number of fused-ring (bicyclic) bond motifs is 4. The molecule has 0 saturated carbocycles. The van der Waals surface area contributed by atoms with Crippen molar-refractivity contribution in [3.05, 3.63) is 360 Å². The van der Waals surface area contributed by atoms with Gasteiger partial charge < -0.3 is 19.6 Å². The smallest absolute Gasteiger partial charge is 0.194 e. The largest absolute Gasteiger partial charge is 0.310 e. The van der Waals surface area contributed by atoms with Crippen molar-refractivity contribution in [1.82, 2.24) is 0 Å². The molecule has 0 atom stereocenters. The number of anilines is 12. The molecule has 84 heavy (non-hydrogen) atoms. The molecule has 0 heterocycles.